The van der Waals surface area contributed by atoms with Gasteiger partial charge in [-0.05, 0) is 48.5 Å². The van der Waals surface area contributed by atoms with Crippen LogP contribution >= 0.6 is 11.6 Å². The minimum absolute atomic E-state index is 0.173. The van der Waals surface area contributed by atoms with E-state index in [4.69, 9.17) is 21.1 Å². The number of halogens is 1. The number of hydrogen-bond acceptors (Lipinski definition) is 5. The van der Waals surface area contributed by atoms with Crippen molar-refractivity contribution < 1.29 is 19.1 Å². The quantitative estimate of drug-likeness (QED) is 0.447. The third-order valence-corrected chi connectivity index (χ3v) is 4.86. The molecule has 4 aromatic rings. The van der Waals surface area contributed by atoms with Crippen molar-refractivity contribution in [1.82, 2.24) is 9.38 Å². The molecule has 1 N–H and O–H groups in total. The third-order valence-electron chi connectivity index (χ3n) is 4.53. The van der Waals surface area contributed by atoms with E-state index in [0.29, 0.717) is 17.0 Å². The Balaban J connectivity index is 1.45. The number of rotatable bonds is 6. The second-order valence-corrected chi connectivity index (χ2v) is 7.06. The Hall–Kier alpha value is -3.84. The highest BCUT2D eigenvalue weighted by Gasteiger charge is 2.14. The van der Waals surface area contributed by atoms with E-state index < -0.39 is 5.97 Å². The molecule has 0 atom stereocenters. The maximum Gasteiger partial charge on any atom is 0.339 e. The molecule has 4 rings (SSSR count). The van der Waals surface area contributed by atoms with Crippen LogP contribution in [0.2, 0.25) is 5.02 Å². The molecule has 0 aliphatic carbocycles. The fourth-order valence-corrected chi connectivity index (χ4v) is 3.21. The van der Waals surface area contributed by atoms with Gasteiger partial charge in [0.15, 0.2) is 0 Å². The zero-order valence-corrected chi connectivity index (χ0v) is 17.3. The van der Waals surface area contributed by atoms with Gasteiger partial charge in [-0.2, -0.15) is 0 Å². The standard InChI is InChI=1S/C23H18ClN3O4/c1-30-23(29)19-12-16(8-9-20(19)24)26-22(28)15-5-4-6-18(11-15)31-14-17-13-27-10-3-2-7-21(27)25-17/h2-13H,14H2,1H3,(H,26,28). The lowest BCUT2D eigenvalue weighted by Gasteiger charge is -2.10. The molecule has 0 saturated heterocycles. The van der Waals surface area contributed by atoms with Gasteiger partial charge in [0.05, 0.1) is 23.4 Å². The van der Waals surface area contributed by atoms with Crippen molar-refractivity contribution in [1.29, 1.82) is 0 Å². The van der Waals surface area contributed by atoms with Gasteiger partial charge in [0.25, 0.3) is 5.91 Å². The van der Waals surface area contributed by atoms with Crippen molar-refractivity contribution in [2.24, 2.45) is 0 Å². The van der Waals surface area contributed by atoms with E-state index in [1.807, 2.05) is 35.0 Å². The molecule has 0 spiro atoms. The van der Waals surface area contributed by atoms with E-state index in [9.17, 15) is 9.59 Å². The summed E-state index contributed by atoms with van der Waals surface area (Å²) in [5.41, 5.74) is 2.61. The minimum atomic E-state index is -0.580. The van der Waals surface area contributed by atoms with Crippen molar-refractivity contribution in [2.45, 2.75) is 6.61 Å². The number of nitrogens with one attached hydrogen (secondary N) is 1. The Morgan fingerprint density at radius 3 is 2.77 bits per heavy atom. The highest BCUT2D eigenvalue weighted by molar-refractivity contribution is 6.33. The Morgan fingerprint density at radius 1 is 1.10 bits per heavy atom. The average molecular weight is 436 g/mol. The summed E-state index contributed by atoms with van der Waals surface area (Å²) in [4.78, 5) is 28.9. The number of nitrogens with zero attached hydrogens (tertiary/aromatic N) is 2. The predicted molar refractivity (Wildman–Crippen MR) is 117 cm³/mol. The number of esters is 1. The zero-order chi connectivity index (χ0) is 21.8. The molecule has 8 heteroatoms. The Kier molecular flexibility index (Phi) is 5.86. The summed E-state index contributed by atoms with van der Waals surface area (Å²) in [5, 5.41) is 2.99. The number of fused-ring (bicyclic) bond motifs is 1. The monoisotopic (exact) mass is 435 g/mol. The molecule has 0 aliphatic rings. The number of aromatic nitrogens is 2. The predicted octanol–water partition coefficient (Wildman–Crippen LogP) is 4.61. The lowest BCUT2D eigenvalue weighted by Crippen LogP contribution is -2.13. The number of anilines is 1. The lowest BCUT2D eigenvalue weighted by atomic mass is 10.1. The van der Waals surface area contributed by atoms with E-state index in [-0.39, 0.29) is 23.1 Å². The molecule has 2 aromatic heterocycles. The minimum Gasteiger partial charge on any atom is -0.487 e. The SMILES string of the molecule is COC(=O)c1cc(NC(=O)c2cccc(OCc3cn4ccccc4n3)c2)ccc1Cl. The number of methoxy groups -OCH3 is 1. The topological polar surface area (TPSA) is 81.9 Å². The van der Waals surface area contributed by atoms with Gasteiger partial charge in [-0.15, -0.1) is 0 Å². The smallest absolute Gasteiger partial charge is 0.339 e. The largest absolute Gasteiger partial charge is 0.487 e. The van der Waals surface area contributed by atoms with E-state index in [1.54, 1.807) is 30.3 Å². The molecule has 31 heavy (non-hydrogen) atoms. The van der Waals surface area contributed by atoms with Crippen LogP contribution in [0.1, 0.15) is 26.4 Å². The fraction of sp³-hybridized carbons (Fsp3) is 0.0870. The number of benzene rings is 2. The summed E-state index contributed by atoms with van der Waals surface area (Å²) in [5.74, 6) is -0.393. The van der Waals surface area contributed by atoms with Crippen LogP contribution in [-0.2, 0) is 11.3 Å². The molecule has 0 aliphatic heterocycles. The molecule has 0 radical (unpaired) electrons. The van der Waals surface area contributed by atoms with Gasteiger partial charge >= 0.3 is 5.97 Å². The maximum absolute atomic E-state index is 12.7. The van der Waals surface area contributed by atoms with E-state index >= 15 is 0 Å². The summed E-state index contributed by atoms with van der Waals surface area (Å²) >= 11 is 6.02. The summed E-state index contributed by atoms with van der Waals surface area (Å²) in [6.07, 6.45) is 3.81. The van der Waals surface area contributed by atoms with Crippen molar-refractivity contribution in [3.05, 3.63) is 94.9 Å². The molecule has 0 bridgehead atoms. The summed E-state index contributed by atoms with van der Waals surface area (Å²) in [7, 11) is 1.27. The third kappa shape index (κ3) is 4.67. The zero-order valence-electron chi connectivity index (χ0n) is 16.5. The van der Waals surface area contributed by atoms with Crippen LogP contribution in [0.5, 0.6) is 5.75 Å². The van der Waals surface area contributed by atoms with Gasteiger partial charge in [0.1, 0.15) is 18.0 Å². The van der Waals surface area contributed by atoms with Crippen molar-refractivity contribution in [3.63, 3.8) is 0 Å². The van der Waals surface area contributed by atoms with Crippen LogP contribution in [0.4, 0.5) is 5.69 Å². The Morgan fingerprint density at radius 2 is 1.97 bits per heavy atom. The lowest BCUT2D eigenvalue weighted by molar-refractivity contribution is 0.0600. The first-order valence-electron chi connectivity index (χ1n) is 9.38. The van der Waals surface area contributed by atoms with Crippen LogP contribution in [-0.4, -0.2) is 28.4 Å². The number of carbonyl (C=O) groups excluding carboxylic acids is 2. The van der Waals surface area contributed by atoms with Crippen LogP contribution in [0.3, 0.4) is 0 Å². The summed E-state index contributed by atoms with van der Waals surface area (Å²) in [6, 6.07) is 17.2. The second-order valence-electron chi connectivity index (χ2n) is 6.66. The number of imidazole rings is 1. The van der Waals surface area contributed by atoms with E-state index in [0.717, 1.165) is 11.3 Å². The van der Waals surface area contributed by atoms with Gasteiger partial charge in [-0.3, -0.25) is 4.79 Å². The molecular weight excluding hydrogens is 418 g/mol. The number of ether oxygens (including phenoxy) is 2. The highest BCUT2D eigenvalue weighted by atomic mass is 35.5. The Labute approximate surface area is 183 Å². The first-order chi connectivity index (χ1) is 15.0. The number of hydrogen-bond donors (Lipinski definition) is 1. The molecule has 0 fully saturated rings. The number of amides is 1. The first kappa shape index (κ1) is 20.4. The van der Waals surface area contributed by atoms with Crippen molar-refractivity contribution in [3.8, 4) is 5.75 Å². The van der Waals surface area contributed by atoms with Gasteiger partial charge in [0, 0.05) is 23.6 Å². The second kappa shape index (κ2) is 8.89. The number of carbonyl (C=O) groups is 2. The Bertz CT molecular complexity index is 1240. The molecule has 1 amide bonds. The van der Waals surface area contributed by atoms with Gasteiger partial charge < -0.3 is 19.2 Å². The summed E-state index contributed by atoms with van der Waals surface area (Å²) in [6.45, 7) is 0.270. The summed E-state index contributed by atoms with van der Waals surface area (Å²) < 4.78 is 12.4. The van der Waals surface area contributed by atoms with Gasteiger partial charge in [-0.25, -0.2) is 9.78 Å². The molecule has 156 valence electrons. The normalized spacial score (nSPS) is 10.6. The van der Waals surface area contributed by atoms with Crippen LogP contribution < -0.4 is 10.1 Å². The molecular formula is C23H18ClN3O4. The number of pyridine rings is 1. The maximum atomic E-state index is 12.7. The molecule has 0 unspecified atom stereocenters. The molecule has 2 aromatic carbocycles. The highest BCUT2D eigenvalue weighted by Crippen LogP contribution is 2.22. The van der Waals surface area contributed by atoms with Crippen LogP contribution in [0.15, 0.2) is 73.1 Å². The van der Waals surface area contributed by atoms with Crippen LogP contribution in [0, 0.1) is 0 Å². The van der Waals surface area contributed by atoms with Gasteiger partial charge in [0.2, 0.25) is 0 Å². The molecule has 2 heterocycles. The molecule has 0 saturated carbocycles. The fourth-order valence-electron chi connectivity index (χ4n) is 3.01. The first-order valence-corrected chi connectivity index (χ1v) is 9.76. The van der Waals surface area contributed by atoms with E-state index in [2.05, 4.69) is 10.3 Å². The van der Waals surface area contributed by atoms with Crippen LogP contribution in [0.25, 0.3) is 5.65 Å². The van der Waals surface area contributed by atoms with Crippen molar-refractivity contribution >= 4 is 34.8 Å². The molecule has 7 nitrogen and oxygen atoms in total. The average Bonchev–Trinajstić information content (AvgIpc) is 3.21. The van der Waals surface area contributed by atoms with E-state index in [1.165, 1.54) is 19.2 Å². The van der Waals surface area contributed by atoms with Crippen molar-refractivity contribution in [2.75, 3.05) is 12.4 Å². The van der Waals surface area contributed by atoms with Gasteiger partial charge in [-0.1, -0.05) is 23.7 Å².